The normalized spacial score (nSPS) is 5.16. The van der Waals surface area contributed by atoms with Crippen LogP contribution < -0.4 is 51.4 Å². The van der Waals surface area contributed by atoms with Crippen molar-refractivity contribution >= 4 is 0 Å². The van der Waals surface area contributed by atoms with Crippen molar-refractivity contribution in [3.05, 3.63) is 46.0 Å². The van der Waals surface area contributed by atoms with Crippen molar-refractivity contribution in [2.45, 2.75) is 0 Å². The van der Waals surface area contributed by atoms with Crippen molar-refractivity contribution in [3.8, 4) is 10.1 Å². The molecule has 0 amide bonds. The molecule has 0 aliphatic carbocycles. The SMILES string of the molecule is N#[C][Ni][C]#N.O=[N+]([O-])[O-].O=[N+]([O-])[O-].O=[N+]([O-])[O-].[K+].[Ni+2]. The van der Waals surface area contributed by atoms with Gasteiger partial charge in [-0.1, -0.05) is 0 Å². The summed E-state index contributed by atoms with van der Waals surface area (Å²) in [5.41, 5.74) is 0. The van der Waals surface area contributed by atoms with Crippen LogP contribution in [0.3, 0.4) is 0 Å². The van der Waals surface area contributed by atoms with E-state index in [1.807, 2.05) is 0 Å². The molecule has 0 saturated carbocycles. The average Bonchev–Trinajstić information content (AvgIpc) is 2.01. The molecule has 0 unspecified atom stereocenters. The fraction of sp³-hybridized carbons (Fsp3) is 0. The zero-order valence-corrected chi connectivity index (χ0v) is 13.6. The van der Waals surface area contributed by atoms with Crippen LogP contribution in [0.25, 0.3) is 0 Å². The molecule has 108 valence electrons. The van der Waals surface area contributed by atoms with Gasteiger partial charge in [-0.15, -0.1) is 0 Å². The van der Waals surface area contributed by atoms with E-state index >= 15 is 0 Å². The molecule has 17 heteroatoms. The van der Waals surface area contributed by atoms with Gasteiger partial charge in [-0.2, -0.15) is 0 Å². The molecule has 0 aliphatic heterocycles. The topological polar surface area (TPSA) is 246 Å². The van der Waals surface area contributed by atoms with Crippen LogP contribution in [0.4, 0.5) is 0 Å². The summed E-state index contributed by atoms with van der Waals surface area (Å²) in [4.78, 5) is 24.8. The Bertz CT molecular complexity index is 260. The van der Waals surface area contributed by atoms with Gasteiger partial charge >= 0.3 is 103 Å². The van der Waals surface area contributed by atoms with Crippen LogP contribution in [0.2, 0.25) is 0 Å². The third kappa shape index (κ3) is 2750. The van der Waals surface area contributed by atoms with E-state index in [-0.39, 0.29) is 67.9 Å². The van der Waals surface area contributed by atoms with Crippen LogP contribution in [0, 0.1) is 66.6 Å². The Morgan fingerprint density at radius 2 is 0.842 bits per heavy atom. The number of hydrogen-bond acceptors (Lipinski definition) is 11. The first kappa shape index (κ1) is 36.2. The molecular formula is C2KN5Ni2O9. The predicted octanol–water partition coefficient (Wildman–Crippen LogP) is -3.68. The Balaban J connectivity index is -0.0000000288. The second-order valence-corrected chi connectivity index (χ2v) is 1.58. The average molecular weight is 395 g/mol. The van der Waals surface area contributed by atoms with Crippen LogP contribution in [-0.4, -0.2) is 15.3 Å². The van der Waals surface area contributed by atoms with Gasteiger partial charge in [0.1, 0.15) is 0 Å². The first-order chi connectivity index (χ1) is 7.61. The monoisotopic (exact) mass is 393 g/mol. The van der Waals surface area contributed by atoms with Crippen molar-refractivity contribution < 1.29 is 97.6 Å². The van der Waals surface area contributed by atoms with Crippen molar-refractivity contribution in [2.24, 2.45) is 0 Å². The Morgan fingerprint density at radius 3 is 0.842 bits per heavy atom. The van der Waals surface area contributed by atoms with Gasteiger partial charge in [0.05, 0.1) is 15.3 Å². The maximum atomic E-state index is 8.25. The molecule has 0 radical (unpaired) electrons. The molecule has 0 aromatic rings. The fourth-order valence-corrected chi connectivity index (χ4v) is 0.0652. The molecule has 0 aliphatic rings. The number of hydrogen-bond donors (Lipinski definition) is 0. The van der Waals surface area contributed by atoms with Crippen LogP contribution in [0.1, 0.15) is 0 Å². The molecule has 0 spiro atoms. The minimum Gasteiger partial charge on any atom is -0.356 e. The van der Waals surface area contributed by atoms with Gasteiger partial charge in [0.25, 0.3) is 0 Å². The smallest absolute Gasteiger partial charge is 0.356 e. The van der Waals surface area contributed by atoms with E-state index in [0.29, 0.717) is 14.4 Å². The first-order valence-corrected chi connectivity index (χ1v) is 3.39. The zero-order chi connectivity index (χ0) is 14.9. The van der Waals surface area contributed by atoms with Gasteiger partial charge in [-0.25, -0.2) is 0 Å². The zero-order valence-electron chi connectivity index (χ0n) is 8.54. The molecule has 0 saturated heterocycles. The molecule has 0 heterocycles. The molecule has 0 aromatic carbocycles. The van der Waals surface area contributed by atoms with Gasteiger partial charge in [0.15, 0.2) is 0 Å². The molecule has 14 nitrogen and oxygen atoms in total. The standard InChI is InChI=1S/2CN.K.3NO3.2Ni/c2*1-2;;3*2-1(3)4;;/q;;+1;3*-1;;+2. The molecule has 0 aromatic heterocycles. The molecule has 0 rings (SSSR count). The number of nitriles is 2. The van der Waals surface area contributed by atoms with Crippen molar-refractivity contribution in [2.75, 3.05) is 0 Å². The quantitative estimate of drug-likeness (QED) is 0.219. The van der Waals surface area contributed by atoms with E-state index in [2.05, 4.69) is 0 Å². The number of nitrogens with zero attached hydrogens (tertiary/aromatic N) is 5. The third-order valence-corrected chi connectivity index (χ3v) is 0.292. The number of rotatable bonds is 0. The molecule has 0 atom stereocenters. The van der Waals surface area contributed by atoms with Gasteiger partial charge in [0, 0.05) is 0 Å². The summed E-state index contributed by atoms with van der Waals surface area (Å²) in [6, 6.07) is 0. The summed E-state index contributed by atoms with van der Waals surface area (Å²) in [6.07, 6.45) is 0. The van der Waals surface area contributed by atoms with E-state index in [1.165, 1.54) is 0 Å². The Hall–Kier alpha value is -0.797. The summed E-state index contributed by atoms with van der Waals surface area (Å²) >= 11 is 0.431. The van der Waals surface area contributed by atoms with Crippen LogP contribution in [-0.2, 0) is 30.9 Å². The summed E-state index contributed by atoms with van der Waals surface area (Å²) in [6.45, 7) is 0. The third-order valence-electron chi connectivity index (χ3n) is 0.0707. The molecule has 19 heavy (non-hydrogen) atoms. The van der Waals surface area contributed by atoms with E-state index < -0.39 is 15.3 Å². The van der Waals surface area contributed by atoms with E-state index in [9.17, 15) is 0 Å². The summed E-state index contributed by atoms with van der Waals surface area (Å²) in [7, 11) is 0. The molecular weight excluding hydrogens is 395 g/mol. The van der Waals surface area contributed by atoms with Gasteiger partial charge in [0.2, 0.25) is 0 Å². The Labute approximate surface area is 162 Å². The second-order valence-electron chi connectivity index (χ2n) is 0.891. The maximum Gasteiger partial charge on any atom is 2.00 e. The molecule has 0 bridgehead atoms. The maximum absolute atomic E-state index is 8.25. The van der Waals surface area contributed by atoms with Crippen molar-refractivity contribution in [3.63, 3.8) is 0 Å². The fourth-order valence-electron chi connectivity index (χ4n) is 0.0158. The molecule has 0 N–H and O–H groups in total. The van der Waals surface area contributed by atoms with Crippen molar-refractivity contribution in [1.82, 2.24) is 0 Å². The molecule has 0 fully saturated rings. The van der Waals surface area contributed by atoms with E-state index in [1.54, 1.807) is 10.1 Å². The minimum absolute atomic E-state index is 0. The van der Waals surface area contributed by atoms with Gasteiger partial charge in [-0.05, 0) is 0 Å². The Kier molecular flexibility index (Phi) is 68.5. The van der Waals surface area contributed by atoms with E-state index in [0.717, 1.165) is 0 Å². The Morgan fingerprint density at radius 1 is 0.737 bits per heavy atom. The summed E-state index contributed by atoms with van der Waals surface area (Å²) in [5, 5.41) is 62.6. The van der Waals surface area contributed by atoms with Gasteiger partial charge in [-0.3, -0.25) is 0 Å². The summed E-state index contributed by atoms with van der Waals surface area (Å²) in [5.74, 6) is 0. The predicted molar refractivity (Wildman–Crippen MR) is 42.3 cm³/mol. The minimum atomic E-state index is -1.75. The van der Waals surface area contributed by atoms with Crippen molar-refractivity contribution in [1.29, 1.82) is 10.5 Å². The van der Waals surface area contributed by atoms with Gasteiger partial charge < -0.3 is 46.0 Å². The van der Waals surface area contributed by atoms with Crippen LogP contribution in [0.5, 0.6) is 0 Å². The van der Waals surface area contributed by atoms with E-state index in [4.69, 9.17) is 56.5 Å². The van der Waals surface area contributed by atoms with Crippen LogP contribution >= 0.6 is 0 Å². The first-order valence-electron chi connectivity index (χ1n) is 2.41. The van der Waals surface area contributed by atoms with Crippen LogP contribution in [0.15, 0.2) is 0 Å². The second kappa shape index (κ2) is 36.0. The summed E-state index contributed by atoms with van der Waals surface area (Å²) < 4.78 is 0. The largest absolute Gasteiger partial charge is 2.00 e.